The summed E-state index contributed by atoms with van der Waals surface area (Å²) in [5.41, 5.74) is 0. The first-order valence-electron chi connectivity index (χ1n) is 7.63. The van der Waals surface area contributed by atoms with Crippen LogP contribution in [0.3, 0.4) is 0 Å². The van der Waals surface area contributed by atoms with Crippen LogP contribution >= 0.6 is 0 Å². The average Bonchev–Trinajstić information content (AvgIpc) is 2.42. The molecular formula is C15H22F2O4. The summed E-state index contributed by atoms with van der Waals surface area (Å²) in [5, 5.41) is 8.24. The number of hydrogen-bond acceptors (Lipinski definition) is 3. The van der Waals surface area contributed by atoms with Gasteiger partial charge in [-0.05, 0) is 43.4 Å². The SMILES string of the molecule is O=C(CCC1CC2CCCC(C2)C1)OCC(F)(F)C(=O)O. The zero-order valence-corrected chi connectivity index (χ0v) is 12.0. The average molecular weight is 304 g/mol. The van der Waals surface area contributed by atoms with Crippen molar-refractivity contribution in [3.63, 3.8) is 0 Å². The van der Waals surface area contributed by atoms with Gasteiger partial charge in [-0.2, -0.15) is 8.78 Å². The zero-order valence-electron chi connectivity index (χ0n) is 12.0. The van der Waals surface area contributed by atoms with Crippen LogP contribution in [0.2, 0.25) is 0 Å². The predicted molar refractivity (Wildman–Crippen MR) is 70.9 cm³/mol. The van der Waals surface area contributed by atoms with Crippen LogP contribution < -0.4 is 0 Å². The molecule has 2 aliphatic carbocycles. The minimum absolute atomic E-state index is 0.0970. The van der Waals surface area contributed by atoms with E-state index in [0.717, 1.165) is 24.7 Å². The van der Waals surface area contributed by atoms with E-state index < -0.39 is 24.5 Å². The van der Waals surface area contributed by atoms with E-state index >= 15 is 0 Å². The maximum atomic E-state index is 12.8. The van der Waals surface area contributed by atoms with Crippen molar-refractivity contribution in [1.29, 1.82) is 0 Å². The highest BCUT2D eigenvalue weighted by atomic mass is 19.3. The lowest BCUT2D eigenvalue weighted by Gasteiger charge is -2.39. The molecule has 0 aliphatic heterocycles. The highest BCUT2D eigenvalue weighted by Crippen LogP contribution is 2.43. The molecule has 0 spiro atoms. The van der Waals surface area contributed by atoms with Crippen LogP contribution in [0, 0.1) is 17.8 Å². The number of esters is 1. The Morgan fingerprint density at radius 1 is 1.14 bits per heavy atom. The quantitative estimate of drug-likeness (QED) is 0.765. The Hall–Kier alpha value is -1.20. The lowest BCUT2D eigenvalue weighted by molar-refractivity contribution is -0.177. The van der Waals surface area contributed by atoms with Gasteiger partial charge in [0.1, 0.15) is 0 Å². The molecule has 120 valence electrons. The third kappa shape index (κ3) is 4.64. The van der Waals surface area contributed by atoms with Gasteiger partial charge in [-0.1, -0.05) is 19.3 Å². The van der Waals surface area contributed by atoms with Crippen LogP contribution in [-0.2, 0) is 14.3 Å². The largest absolute Gasteiger partial charge is 0.477 e. The summed E-state index contributed by atoms with van der Waals surface area (Å²) in [6, 6.07) is 0. The molecule has 2 atom stereocenters. The Labute approximate surface area is 122 Å². The maximum absolute atomic E-state index is 12.8. The van der Waals surface area contributed by atoms with E-state index in [-0.39, 0.29) is 6.42 Å². The second-order valence-electron chi connectivity index (χ2n) is 6.45. The third-order valence-corrected chi connectivity index (χ3v) is 4.71. The minimum Gasteiger partial charge on any atom is -0.477 e. The summed E-state index contributed by atoms with van der Waals surface area (Å²) in [5.74, 6) is -5.01. The molecule has 0 heterocycles. The fourth-order valence-corrected chi connectivity index (χ4v) is 3.73. The summed E-state index contributed by atoms with van der Waals surface area (Å²) < 4.78 is 29.9. The van der Waals surface area contributed by atoms with Gasteiger partial charge in [-0.25, -0.2) is 4.79 Å². The molecule has 0 aromatic rings. The lowest BCUT2D eigenvalue weighted by Crippen LogP contribution is -2.34. The zero-order chi connectivity index (χ0) is 15.5. The number of carbonyl (C=O) groups excluding carboxylic acids is 1. The minimum atomic E-state index is -4.00. The number of alkyl halides is 2. The molecule has 2 unspecified atom stereocenters. The summed E-state index contributed by atoms with van der Waals surface area (Å²) in [4.78, 5) is 21.7. The Bertz CT molecular complexity index is 385. The Morgan fingerprint density at radius 3 is 2.33 bits per heavy atom. The molecule has 4 nitrogen and oxygen atoms in total. The fraction of sp³-hybridized carbons (Fsp3) is 0.867. The van der Waals surface area contributed by atoms with Crippen LogP contribution in [0.15, 0.2) is 0 Å². The van der Waals surface area contributed by atoms with E-state index in [1.54, 1.807) is 0 Å². The van der Waals surface area contributed by atoms with E-state index in [1.807, 2.05) is 0 Å². The van der Waals surface area contributed by atoms with Crippen LogP contribution in [0.1, 0.15) is 51.4 Å². The molecule has 2 aliphatic rings. The van der Waals surface area contributed by atoms with Crippen molar-refractivity contribution in [3.8, 4) is 0 Å². The summed E-state index contributed by atoms with van der Waals surface area (Å²) in [6.45, 7) is -1.38. The molecule has 0 radical (unpaired) electrons. The van der Waals surface area contributed by atoms with Gasteiger partial charge in [0.25, 0.3) is 0 Å². The fourth-order valence-electron chi connectivity index (χ4n) is 3.73. The maximum Gasteiger partial charge on any atom is 0.378 e. The van der Waals surface area contributed by atoms with Crippen LogP contribution in [0.5, 0.6) is 0 Å². The van der Waals surface area contributed by atoms with E-state index in [9.17, 15) is 18.4 Å². The van der Waals surface area contributed by atoms with Crippen molar-refractivity contribution in [3.05, 3.63) is 0 Å². The summed E-state index contributed by atoms with van der Waals surface area (Å²) in [6.07, 6.45) is 8.12. The number of carbonyl (C=O) groups is 2. The third-order valence-electron chi connectivity index (χ3n) is 4.71. The Balaban J connectivity index is 1.68. The molecule has 2 saturated carbocycles. The standard InChI is InChI=1S/C15H22F2O4/c16-15(17,14(19)20)9-21-13(18)5-4-12-7-10-2-1-3-11(6-10)8-12/h10-12H,1-9H2,(H,19,20). The number of ether oxygens (including phenoxy) is 1. The van der Waals surface area contributed by atoms with Gasteiger partial charge in [-0.3, -0.25) is 4.79 Å². The number of halogens is 2. The molecule has 21 heavy (non-hydrogen) atoms. The van der Waals surface area contributed by atoms with E-state index in [0.29, 0.717) is 12.3 Å². The molecule has 2 bridgehead atoms. The molecule has 0 amide bonds. The molecular weight excluding hydrogens is 282 g/mol. The van der Waals surface area contributed by atoms with Crippen molar-refractivity contribution >= 4 is 11.9 Å². The van der Waals surface area contributed by atoms with Crippen LogP contribution in [0.4, 0.5) is 8.78 Å². The predicted octanol–water partition coefficient (Wildman–Crippen LogP) is 3.25. The van der Waals surface area contributed by atoms with E-state index in [1.165, 1.54) is 25.7 Å². The monoisotopic (exact) mass is 304 g/mol. The smallest absolute Gasteiger partial charge is 0.378 e. The Kier molecular flexibility index (Phi) is 5.17. The van der Waals surface area contributed by atoms with Gasteiger partial charge in [0.2, 0.25) is 0 Å². The number of aliphatic carboxylic acids is 1. The van der Waals surface area contributed by atoms with Gasteiger partial charge in [0, 0.05) is 6.42 Å². The van der Waals surface area contributed by atoms with Crippen molar-refractivity contribution in [2.45, 2.75) is 57.3 Å². The van der Waals surface area contributed by atoms with Crippen molar-refractivity contribution in [1.82, 2.24) is 0 Å². The highest BCUT2D eigenvalue weighted by molar-refractivity contribution is 5.76. The second-order valence-corrected chi connectivity index (χ2v) is 6.45. The van der Waals surface area contributed by atoms with E-state index in [4.69, 9.17) is 5.11 Å². The number of carboxylic acid groups (broad SMARTS) is 1. The lowest BCUT2D eigenvalue weighted by atomic mass is 9.67. The van der Waals surface area contributed by atoms with E-state index in [2.05, 4.69) is 4.74 Å². The molecule has 0 aromatic carbocycles. The number of fused-ring (bicyclic) bond motifs is 2. The Morgan fingerprint density at radius 2 is 1.76 bits per heavy atom. The molecule has 2 fully saturated rings. The van der Waals surface area contributed by atoms with Crippen LogP contribution in [-0.4, -0.2) is 29.6 Å². The number of carboxylic acids is 1. The normalized spacial score (nSPS) is 29.0. The number of rotatable bonds is 6. The first-order valence-corrected chi connectivity index (χ1v) is 7.63. The first kappa shape index (κ1) is 16.2. The van der Waals surface area contributed by atoms with Crippen molar-refractivity contribution in [2.75, 3.05) is 6.61 Å². The summed E-state index contributed by atoms with van der Waals surface area (Å²) >= 11 is 0. The van der Waals surface area contributed by atoms with Gasteiger partial charge in [0.15, 0.2) is 6.61 Å². The first-order chi connectivity index (χ1) is 9.87. The highest BCUT2D eigenvalue weighted by Gasteiger charge is 2.40. The topological polar surface area (TPSA) is 63.6 Å². The molecule has 6 heteroatoms. The van der Waals surface area contributed by atoms with Crippen LogP contribution in [0.25, 0.3) is 0 Å². The second kappa shape index (κ2) is 6.71. The van der Waals surface area contributed by atoms with Gasteiger partial charge >= 0.3 is 17.9 Å². The van der Waals surface area contributed by atoms with Crippen molar-refractivity contribution in [2.24, 2.45) is 17.8 Å². The van der Waals surface area contributed by atoms with Gasteiger partial charge in [0.05, 0.1) is 0 Å². The molecule has 0 aromatic heterocycles. The molecule has 0 saturated heterocycles. The number of hydrogen-bond donors (Lipinski definition) is 1. The van der Waals surface area contributed by atoms with Gasteiger partial charge in [-0.15, -0.1) is 0 Å². The molecule has 2 rings (SSSR count). The molecule has 1 N–H and O–H groups in total. The summed E-state index contributed by atoms with van der Waals surface area (Å²) in [7, 11) is 0. The van der Waals surface area contributed by atoms with Gasteiger partial charge < -0.3 is 9.84 Å². The van der Waals surface area contributed by atoms with Crippen molar-refractivity contribution < 1.29 is 28.2 Å².